The fraction of sp³-hybridized carbons (Fsp3) is 0. The van der Waals surface area contributed by atoms with E-state index in [-0.39, 0.29) is 0 Å². The predicted octanol–water partition coefficient (Wildman–Crippen LogP) is 5.66. The van der Waals surface area contributed by atoms with Gasteiger partial charge in [-0.1, -0.05) is 41.4 Å². The molecule has 0 atom stereocenters. The maximum absolute atomic E-state index is 9.27. The van der Waals surface area contributed by atoms with Crippen molar-refractivity contribution in [1.82, 2.24) is 0 Å². The third-order valence-corrected chi connectivity index (χ3v) is 3.82. The lowest BCUT2D eigenvalue weighted by Crippen LogP contribution is -1.83. The van der Waals surface area contributed by atoms with Crippen molar-refractivity contribution in [3.8, 4) is 6.07 Å². The summed E-state index contributed by atoms with van der Waals surface area (Å²) in [6.45, 7) is 0. The zero-order valence-corrected chi connectivity index (χ0v) is 13.4. The van der Waals surface area contributed by atoms with Crippen LogP contribution in [0.1, 0.15) is 11.1 Å². The van der Waals surface area contributed by atoms with E-state index in [4.69, 9.17) is 23.2 Å². The van der Waals surface area contributed by atoms with E-state index in [2.05, 4.69) is 28.7 Å². The van der Waals surface area contributed by atoms with Crippen LogP contribution in [0.3, 0.4) is 0 Å². The Morgan fingerprint density at radius 3 is 2.37 bits per heavy atom. The van der Waals surface area contributed by atoms with Gasteiger partial charge in [-0.3, -0.25) is 0 Å². The van der Waals surface area contributed by atoms with Crippen molar-refractivity contribution < 1.29 is 0 Å². The van der Waals surface area contributed by atoms with Gasteiger partial charge < -0.3 is 0 Å². The first-order chi connectivity index (χ1) is 9.10. The minimum absolute atomic E-state index is 0.533. The van der Waals surface area contributed by atoms with Crippen LogP contribution in [0, 0.1) is 14.9 Å². The first-order valence-corrected chi connectivity index (χ1v) is 7.26. The first-order valence-electron chi connectivity index (χ1n) is 5.43. The highest BCUT2D eigenvalue weighted by atomic mass is 127. The van der Waals surface area contributed by atoms with Crippen LogP contribution in [0.25, 0.3) is 11.6 Å². The number of allylic oxidation sites excluding steroid dienone is 1. The molecule has 2 aromatic carbocycles. The molecule has 94 valence electrons. The van der Waals surface area contributed by atoms with Gasteiger partial charge in [-0.25, -0.2) is 0 Å². The Bertz CT molecular complexity index is 670. The standard InChI is InChI=1S/C15H8Cl2IN/c16-13-4-1-11(15(17)8-13)7-12(9-19)10-2-5-14(18)6-3-10/h1-8H/b12-7-. The molecule has 0 unspecified atom stereocenters. The molecule has 0 bridgehead atoms. The third kappa shape index (κ3) is 3.73. The first kappa shape index (κ1) is 14.4. The molecular formula is C15H8Cl2IN. The van der Waals surface area contributed by atoms with Gasteiger partial charge in [0.2, 0.25) is 0 Å². The Morgan fingerprint density at radius 1 is 1.11 bits per heavy atom. The van der Waals surface area contributed by atoms with Crippen LogP contribution >= 0.6 is 45.8 Å². The molecule has 0 radical (unpaired) electrons. The second-order valence-electron chi connectivity index (χ2n) is 3.84. The van der Waals surface area contributed by atoms with Gasteiger partial charge in [-0.2, -0.15) is 5.26 Å². The fourth-order valence-electron chi connectivity index (χ4n) is 1.58. The summed E-state index contributed by atoms with van der Waals surface area (Å²) in [4.78, 5) is 0. The molecule has 0 amide bonds. The molecule has 2 rings (SSSR count). The second kappa shape index (κ2) is 6.42. The zero-order valence-electron chi connectivity index (χ0n) is 9.70. The summed E-state index contributed by atoms with van der Waals surface area (Å²) in [5, 5.41) is 10.4. The lowest BCUT2D eigenvalue weighted by atomic mass is 10.0. The summed E-state index contributed by atoms with van der Waals surface area (Å²) in [7, 11) is 0. The van der Waals surface area contributed by atoms with Crippen LogP contribution in [0.5, 0.6) is 0 Å². The number of hydrogen-bond donors (Lipinski definition) is 0. The van der Waals surface area contributed by atoms with Crippen molar-refractivity contribution in [2.45, 2.75) is 0 Å². The molecule has 0 fully saturated rings. The van der Waals surface area contributed by atoms with Crippen molar-refractivity contribution in [3.05, 3.63) is 67.2 Å². The molecule has 4 heteroatoms. The van der Waals surface area contributed by atoms with Crippen LogP contribution in [-0.2, 0) is 0 Å². The van der Waals surface area contributed by atoms with Crippen LogP contribution in [-0.4, -0.2) is 0 Å². The quantitative estimate of drug-likeness (QED) is 0.363. The van der Waals surface area contributed by atoms with Crippen molar-refractivity contribution in [3.63, 3.8) is 0 Å². The van der Waals surface area contributed by atoms with Crippen LogP contribution in [0.2, 0.25) is 10.0 Å². The molecule has 2 aromatic rings. The maximum atomic E-state index is 9.27. The van der Waals surface area contributed by atoms with Gasteiger partial charge in [0.1, 0.15) is 0 Å². The molecule has 1 nitrogen and oxygen atoms in total. The summed E-state index contributed by atoms with van der Waals surface area (Å²) in [6, 6.07) is 15.2. The minimum Gasteiger partial charge on any atom is -0.192 e. The predicted molar refractivity (Wildman–Crippen MR) is 89.1 cm³/mol. The molecule has 0 aliphatic rings. The van der Waals surface area contributed by atoms with E-state index >= 15 is 0 Å². The highest BCUT2D eigenvalue weighted by Crippen LogP contribution is 2.25. The van der Waals surface area contributed by atoms with Gasteiger partial charge in [0.05, 0.1) is 11.6 Å². The monoisotopic (exact) mass is 399 g/mol. The molecule has 0 aliphatic carbocycles. The van der Waals surface area contributed by atoms with Crippen molar-refractivity contribution in [1.29, 1.82) is 5.26 Å². The largest absolute Gasteiger partial charge is 0.192 e. The summed E-state index contributed by atoms with van der Waals surface area (Å²) in [5.74, 6) is 0. The second-order valence-corrected chi connectivity index (χ2v) is 5.93. The molecule has 0 spiro atoms. The normalized spacial score (nSPS) is 11.2. The molecule has 0 aromatic heterocycles. The Hall–Kier alpha value is -1.02. The molecule has 0 saturated heterocycles. The average molecular weight is 400 g/mol. The van der Waals surface area contributed by atoms with Crippen LogP contribution in [0.15, 0.2) is 42.5 Å². The van der Waals surface area contributed by atoms with E-state index in [0.717, 1.165) is 14.7 Å². The van der Waals surface area contributed by atoms with Crippen LogP contribution < -0.4 is 0 Å². The molecule has 19 heavy (non-hydrogen) atoms. The Morgan fingerprint density at radius 2 is 1.79 bits per heavy atom. The Labute approximate surface area is 135 Å². The average Bonchev–Trinajstić information content (AvgIpc) is 2.39. The van der Waals surface area contributed by atoms with E-state index in [1.54, 1.807) is 24.3 Å². The lowest BCUT2D eigenvalue weighted by molar-refractivity contribution is 1.52. The molecule has 0 aliphatic heterocycles. The Kier molecular flexibility index (Phi) is 4.87. The van der Waals surface area contributed by atoms with Gasteiger partial charge in [-0.15, -0.1) is 0 Å². The van der Waals surface area contributed by atoms with E-state index in [1.807, 2.05) is 24.3 Å². The van der Waals surface area contributed by atoms with Crippen molar-refractivity contribution >= 4 is 57.4 Å². The smallest absolute Gasteiger partial charge is 0.0998 e. The number of hydrogen-bond acceptors (Lipinski definition) is 1. The van der Waals surface area contributed by atoms with E-state index in [1.165, 1.54) is 0 Å². The molecular weight excluding hydrogens is 392 g/mol. The molecule has 0 N–H and O–H groups in total. The van der Waals surface area contributed by atoms with E-state index < -0.39 is 0 Å². The van der Waals surface area contributed by atoms with Crippen molar-refractivity contribution in [2.75, 3.05) is 0 Å². The van der Waals surface area contributed by atoms with Gasteiger partial charge in [0.15, 0.2) is 0 Å². The van der Waals surface area contributed by atoms with E-state index in [9.17, 15) is 5.26 Å². The summed E-state index contributed by atoms with van der Waals surface area (Å²) >= 11 is 14.2. The molecule has 0 heterocycles. The SMILES string of the molecule is N#C/C(=C/c1ccc(Cl)cc1Cl)c1ccc(I)cc1. The van der Waals surface area contributed by atoms with Gasteiger partial charge in [0.25, 0.3) is 0 Å². The maximum Gasteiger partial charge on any atom is 0.0998 e. The van der Waals surface area contributed by atoms with Crippen LogP contribution in [0.4, 0.5) is 0 Å². The number of benzene rings is 2. The minimum atomic E-state index is 0.533. The van der Waals surface area contributed by atoms with Gasteiger partial charge >= 0.3 is 0 Å². The fourth-order valence-corrected chi connectivity index (χ4v) is 2.41. The third-order valence-electron chi connectivity index (χ3n) is 2.54. The number of nitrogens with zero attached hydrogens (tertiary/aromatic N) is 1. The highest BCUT2D eigenvalue weighted by molar-refractivity contribution is 14.1. The number of halogens is 3. The topological polar surface area (TPSA) is 23.8 Å². The summed E-state index contributed by atoms with van der Waals surface area (Å²) in [6.07, 6.45) is 1.76. The lowest BCUT2D eigenvalue weighted by Gasteiger charge is -2.02. The Balaban J connectivity index is 2.44. The van der Waals surface area contributed by atoms with Gasteiger partial charge in [-0.05, 0) is 64.1 Å². The molecule has 0 saturated carbocycles. The number of rotatable bonds is 2. The van der Waals surface area contributed by atoms with Crippen molar-refractivity contribution in [2.24, 2.45) is 0 Å². The summed E-state index contributed by atoms with van der Waals surface area (Å²) in [5.41, 5.74) is 2.22. The van der Waals surface area contributed by atoms with E-state index in [0.29, 0.717) is 15.6 Å². The zero-order chi connectivity index (χ0) is 13.8. The van der Waals surface area contributed by atoms with Gasteiger partial charge in [0, 0.05) is 13.6 Å². The number of nitriles is 1. The highest BCUT2D eigenvalue weighted by Gasteiger charge is 2.04. The summed E-state index contributed by atoms with van der Waals surface area (Å²) < 4.78 is 1.13.